The molecule has 0 bridgehead atoms. The van der Waals surface area contributed by atoms with Gasteiger partial charge < -0.3 is 15.0 Å². The van der Waals surface area contributed by atoms with Crippen molar-refractivity contribution in [2.75, 3.05) is 0 Å². The quantitative estimate of drug-likeness (QED) is 0.670. The molecule has 0 radical (unpaired) electrons. The molecule has 3 N–H and O–H groups in total. The Morgan fingerprint density at radius 3 is 2.46 bits per heavy atom. The number of aromatic amines is 1. The maximum absolute atomic E-state index is 13.0. The van der Waals surface area contributed by atoms with Crippen LogP contribution in [-0.2, 0) is 11.8 Å². The van der Waals surface area contributed by atoms with E-state index in [0.29, 0.717) is 22.6 Å². The lowest BCUT2D eigenvalue weighted by atomic mass is 10.0. The van der Waals surface area contributed by atoms with Gasteiger partial charge in [-0.05, 0) is 38.8 Å². The highest BCUT2D eigenvalue weighted by Crippen LogP contribution is 2.28. The van der Waals surface area contributed by atoms with E-state index in [1.54, 1.807) is 13.8 Å². The summed E-state index contributed by atoms with van der Waals surface area (Å²) in [7, 11) is 1.82. The second-order valence-corrected chi connectivity index (χ2v) is 6.60. The second-order valence-electron chi connectivity index (χ2n) is 6.60. The molecule has 3 aromatic rings. The van der Waals surface area contributed by atoms with Gasteiger partial charge in [-0.1, -0.05) is 18.2 Å². The molecule has 0 unspecified atom stereocenters. The highest BCUT2D eigenvalue weighted by Gasteiger charge is 2.29. The third-order valence-electron chi connectivity index (χ3n) is 4.88. The predicted octanol–water partition coefficient (Wildman–Crippen LogP) is 2.69. The molecular weight excluding hydrogens is 332 g/mol. The minimum Gasteiger partial charge on any atom is -0.479 e. The standard InChI is InChI=1S/C19H22N4O3/c1-9-7-6-8-13-10(2)17(23(5)16(9)13)18(24)20-15(19(25)26)14-11(3)21-22-12(14)4/h6-8,15H,1-5H3,(H,20,24)(H,21,22)(H,25,26)/t15-/m0/s1. The van der Waals surface area contributed by atoms with Crippen molar-refractivity contribution in [3.8, 4) is 0 Å². The average Bonchev–Trinajstić information content (AvgIpc) is 3.03. The maximum atomic E-state index is 13.0. The van der Waals surface area contributed by atoms with Crippen LogP contribution >= 0.6 is 0 Å². The van der Waals surface area contributed by atoms with E-state index in [0.717, 1.165) is 22.0 Å². The number of hydrogen-bond acceptors (Lipinski definition) is 3. The number of benzene rings is 1. The van der Waals surface area contributed by atoms with Crippen LogP contribution in [0.25, 0.3) is 10.9 Å². The summed E-state index contributed by atoms with van der Waals surface area (Å²) in [4.78, 5) is 24.8. The molecule has 0 aliphatic carbocycles. The molecule has 0 saturated carbocycles. The first kappa shape index (κ1) is 17.7. The summed E-state index contributed by atoms with van der Waals surface area (Å²) in [5, 5.41) is 20.1. The van der Waals surface area contributed by atoms with E-state index >= 15 is 0 Å². The van der Waals surface area contributed by atoms with Crippen LogP contribution in [0.4, 0.5) is 0 Å². The first-order valence-corrected chi connectivity index (χ1v) is 8.33. The first-order chi connectivity index (χ1) is 12.2. The van der Waals surface area contributed by atoms with E-state index in [1.807, 2.05) is 43.7 Å². The summed E-state index contributed by atoms with van der Waals surface area (Å²) in [6, 6.07) is 4.74. The Labute approximate surface area is 151 Å². The normalized spacial score (nSPS) is 12.3. The average molecular weight is 354 g/mol. The number of aryl methyl sites for hydroxylation is 5. The van der Waals surface area contributed by atoms with Crippen molar-refractivity contribution in [2.45, 2.75) is 33.7 Å². The van der Waals surface area contributed by atoms with Gasteiger partial charge in [0, 0.05) is 23.7 Å². The van der Waals surface area contributed by atoms with Gasteiger partial charge in [-0.15, -0.1) is 0 Å². The van der Waals surface area contributed by atoms with Crippen LogP contribution in [0, 0.1) is 27.7 Å². The maximum Gasteiger partial charge on any atom is 0.331 e. The minimum atomic E-state index is -1.17. The lowest BCUT2D eigenvalue weighted by Gasteiger charge is -2.16. The van der Waals surface area contributed by atoms with Gasteiger partial charge in [-0.3, -0.25) is 9.89 Å². The molecule has 7 heteroatoms. The van der Waals surface area contributed by atoms with Crippen LogP contribution in [-0.4, -0.2) is 31.7 Å². The molecule has 1 amide bonds. The van der Waals surface area contributed by atoms with Gasteiger partial charge in [-0.25, -0.2) is 4.79 Å². The largest absolute Gasteiger partial charge is 0.479 e. The van der Waals surface area contributed by atoms with Crippen LogP contribution in [0.15, 0.2) is 18.2 Å². The lowest BCUT2D eigenvalue weighted by molar-refractivity contribution is -0.139. The molecule has 0 aliphatic rings. The Morgan fingerprint density at radius 2 is 1.92 bits per heavy atom. The molecule has 2 aromatic heterocycles. The van der Waals surface area contributed by atoms with Crippen molar-refractivity contribution in [1.82, 2.24) is 20.1 Å². The van der Waals surface area contributed by atoms with E-state index in [9.17, 15) is 14.7 Å². The van der Waals surface area contributed by atoms with E-state index < -0.39 is 17.9 Å². The topological polar surface area (TPSA) is 100 Å². The van der Waals surface area contributed by atoms with Gasteiger partial charge in [0.2, 0.25) is 0 Å². The van der Waals surface area contributed by atoms with Gasteiger partial charge >= 0.3 is 5.97 Å². The monoisotopic (exact) mass is 354 g/mol. The van der Waals surface area contributed by atoms with Crippen LogP contribution in [0.2, 0.25) is 0 Å². The molecule has 2 heterocycles. The van der Waals surface area contributed by atoms with Crippen molar-refractivity contribution in [3.05, 3.63) is 52.0 Å². The summed E-state index contributed by atoms with van der Waals surface area (Å²) in [5.41, 5.74) is 4.98. The number of para-hydroxylation sites is 1. The molecule has 7 nitrogen and oxygen atoms in total. The number of carboxylic acids is 1. The Kier molecular flexibility index (Phi) is 4.31. The summed E-state index contributed by atoms with van der Waals surface area (Å²) in [6.07, 6.45) is 0. The van der Waals surface area contributed by atoms with E-state index in [1.165, 1.54) is 0 Å². The molecule has 26 heavy (non-hydrogen) atoms. The number of fused-ring (bicyclic) bond motifs is 1. The van der Waals surface area contributed by atoms with E-state index in [2.05, 4.69) is 15.5 Å². The van der Waals surface area contributed by atoms with Crippen molar-refractivity contribution in [3.63, 3.8) is 0 Å². The number of nitrogens with zero attached hydrogens (tertiary/aromatic N) is 2. The predicted molar refractivity (Wildman–Crippen MR) is 98.3 cm³/mol. The van der Waals surface area contributed by atoms with E-state index in [4.69, 9.17) is 0 Å². The number of carboxylic acid groups (broad SMARTS) is 1. The minimum absolute atomic E-state index is 0.423. The molecule has 3 rings (SSSR count). The molecule has 1 aromatic carbocycles. The van der Waals surface area contributed by atoms with Crippen LogP contribution in [0.5, 0.6) is 0 Å². The number of H-pyrrole nitrogens is 1. The SMILES string of the molecule is Cc1n[nH]c(C)c1[C@H](NC(=O)c1c(C)c2cccc(C)c2n1C)C(=O)O. The Bertz CT molecular complexity index is 1010. The zero-order valence-electron chi connectivity index (χ0n) is 15.5. The molecule has 0 fully saturated rings. The first-order valence-electron chi connectivity index (χ1n) is 8.33. The van der Waals surface area contributed by atoms with Crippen LogP contribution < -0.4 is 5.32 Å². The number of amides is 1. The fraction of sp³-hybridized carbons (Fsp3) is 0.316. The second kappa shape index (κ2) is 6.33. The highest BCUT2D eigenvalue weighted by molar-refractivity contribution is 6.03. The highest BCUT2D eigenvalue weighted by atomic mass is 16.4. The lowest BCUT2D eigenvalue weighted by Crippen LogP contribution is -2.35. The number of rotatable bonds is 4. The Balaban J connectivity index is 2.06. The fourth-order valence-electron chi connectivity index (χ4n) is 3.66. The zero-order valence-corrected chi connectivity index (χ0v) is 15.5. The molecule has 0 saturated heterocycles. The summed E-state index contributed by atoms with van der Waals surface area (Å²) < 4.78 is 1.82. The zero-order chi connectivity index (χ0) is 19.2. The number of carbonyl (C=O) groups excluding carboxylic acids is 1. The Morgan fingerprint density at radius 1 is 1.23 bits per heavy atom. The summed E-state index contributed by atoms with van der Waals surface area (Å²) >= 11 is 0. The summed E-state index contributed by atoms with van der Waals surface area (Å²) in [5.74, 6) is -1.55. The number of aromatic nitrogens is 3. The molecule has 1 atom stereocenters. The number of nitrogens with one attached hydrogen (secondary N) is 2. The van der Waals surface area contributed by atoms with Gasteiger partial charge in [-0.2, -0.15) is 5.10 Å². The smallest absolute Gasteiger partial charge is 0.331 e. The number of hydrogen-bond donors (Lipinski definition) is 3. The van der Waals surface area contributed by atoms with Gasteiger partial charge in [0.1, 0.15) is 5.69 Å². The van der Waals surface area contributed by atoms with Crippen LogP contribution in [0.1, 0.15) is 44.6 Å². The fourth-order valence-corrected chi connectivity index (χ4v) is 3.66. The van der Waals surface area contributed by atoms with Crippen molar-refractivity contribution < 1.29 is 14.7 Å². The molecule has 0 aliphatic heterocycles. The van der Waals surface area contributed by atoms with E-state index in [-0.39, 0.29) is 0 Å². The van der Waals surface area contributed by atoms with Crippen molar-refractivity contribution in [2.24, 2.45) is 7.05 Å². The summed E-state index contributed by atoms with van der Waals surface area (Å²) in [6.45, 7) is 7.32. The van der Waals surface area contributed by atoms with Crippen molar-refractivity contribution >= 4 is 22.8 Å². The van der Waals surface area contributed by atoms with Gasteiger partial charge in [0.15, 0.2) is 6.04 Å². The number of carbonyl (C=O) groups is 2. The van der Waals surface area contributed by atoms with Crippen LogP contribution in [0.3, 0.4) is 0 Å². The van der Waals surface area contributed by atoms with Crippen molar-refractivity contribution in [1.29, 1.82) is 0 Å². The third kappa shape index (κ3) is 2.65. The third-order valence-corrected chi connectivity index (χ3v) is 4.88. The molecular formula is C19H22N4O3. The Hall–Kier alpha value is -3.09. The van der Waals surface area contributed by atoms with Gasteiger partial charge in [0.05, 0.1) is 11.2 Å². The number of aliphatic carboxylic acids is 1. The molecule has 136 valence electrons. The molecule has 0 spiro atoms. The van der Waals surface area contributed by atoms with Gasteiger partial charge in [0.25, 0.3) is 5.91 Å².